The summed E-state index contributed by atoms with van der Waals surface area (Å²) in [7, 11) is -4.58. The van der Waals surface area contributed by atoms with E-state index in [1.165, 1.54) is 18.2 Å². The van der Waals surface area contributed by atoms with Crippen LogP contribution in [-0.4, -0.2) is 24.8 Å². The molecule has 3 N–H and O–H groups in total. The number of rotatable bonds is 10. The van der Waals surface area contributed by atoms with E-state index in [4.69, 9.17) is 0 Å². The van der Waals surface area contributed by atoms with Crippen molar-refractivity contribution in [1.29, 1.82) is 0 Å². The number of hydrogen-bond acceptors (Lipinski definition) is 6. The Labute approximate surface area is 254 Å². The number of nitro benzene ring substituents is 1. The highest BCUT2D eigenvalue weighted by atomic mass is 32.2. The number of nitro groups is 1. The lowest BCUT2D eigenvalue weighted by Crippen LogP contribution is -2.36. The summed E-state index contributed by atoms with van der Waals surface area (Å²) >= 11 is 0. The predicted octanol–water partition coefficient (Wildman–Crippen LogP) is 6.11. The summed E-state index contributed by atoms with van der Waals surface area (Å²) in [5.41, 5.74) is 1.76. The zero-order valence-corrected chi connectivity index (χ0v) is 25.4. The molecule has 0 aliphatic heterocycles. The number of nitrogens with zero attached hydrogens (tertiary/aromatic N) is 1. The Bertz CT molecular complexity index is 1640. The summed E-state index contributed by atoms with van der Waals surface area (Å²) in [6, 6.07) is 12.8. The van der Waals surface area contributed by atoms with E-state index < -0.39 is 50.0 Å². The van der Waals surface area contributed by atoms with Crippen molar-refractivity contribution in [2.24, 2.45) is 0 Å². The summed E-state index contributed by atoms with van der Waals surface area (Å²) in [6.45, 7) is 6.93. The van der Waals surface area contributed by atoms with E-state index in [-0.39, 0.29) is 22.8 Å². The monoisotopic (exact) mass is 632 g/mol. The molecule has 9 nitrogen and oxygen atoms in total. The number of carbonyl (C=O) groups excluding carboxylic acids is 1. The molecule has 0 saturated carbocycles. The second-order valence-corrected chi connectivity index (χ2v) is 13.6. The second kappa shape index (κ2) is 13.0. The number of carbonyl (C=O) groups is 1. The number of halogens is 3. The molecule has 1 aliphatic rings. The lowest BCUT2D eigenvalue weighted by Gasteiger charge is -2.28. The van der Waals surface area contributed by atoms with E-state index in [9.17, 15) is 36.5 Å². The zero-order chi connectivity index (χ0) is 32.3. The largest absolute Gasteiger partial charge is 0.416 e. The van der Waals surface area contributed by atoms with Gasteiger partial charge in [-0.25, -0.2) is 13.1 Å². The molecular formula is C31H35F3N4O5S. The molecule has 4 rings (SSSR count). The summed E-state index contributed by atoms with van der Waals surface area (Å²) in [4.78, 5) is 23.5. The van der Waals surface area contributed by atoms with Gasteiger partial charge in [-0.3, -0.25) is 14.9 Å². The first-order valence-electron chi connectivity index (χ1n) is 14.1. The minimum absolute atomic E-state index is 0.0508. The van der Waals surface area contributed by atoms with Crippen LogP contribution in [0.1, 0.15) is 79.9 Å². The van der Waals surface area contributed by atoms with Gasteiger partial charge in [-0.2, -0.15) is 13.2 Å². The van der Waals surface area contributed by atoms with Gasteiger partial charge in [-0.05, 0) is 80.5 Å². The van der Waals surface area contributed by atoms with Crippen molar-refractivity contribution in [2.75, 3.05) is 0 Å². The van der Waals surface area contributed by atoms with E-state index in [1.54, 1.807) is 0 Å². The maximum absolute atomic E-state index is 13.4. The molecule has 2 unspecified atom stereocenters. The fourth-order valence-corrected chi connectivity index (χ4v) is 6.38. The molecule has 13 heteroatoms. The van der Waals surface area contributed by atoms with Gasteiger partial charge in [-0.15, -0.1) is 0 Å². The number of aryl methyl sites for hydroxylation is 1. The van der Waals surface area contributed by atoms with Crippen molar-refractivity contribution in [3.8, 4) is 0 Å². The lowest BCUT2D eigenvalue weighted by molar-refractivity contribution is -0.384. The number of fused-ring (bicyclic) bond motifs is 1. The van der Waals surface area contributed by atoms with Crippen LogP contribution in [0.2, 0.25) is 0 Å². The van der Waals surface area contributed by atoms with Crippen molar-refractivity contribution >= 4 is 21.6 Å². The number of benzene rings is 3. The van der Waals surface area contributed by atoms with Crippen LogP contribution >= 0.6 is 0 Å². The molecule has 0 bridgehead atoms. The van der Waals surface area contributed by atoms with Crippen molar-refractivity contribution in [3.63, 3.8) is 0 Å². The summed E-state index contributed by atoms with van der Waals surface area (Å²) < 4.78 is 68.6. The molecule has 44 heavy (non-hydrogen) atoms. The fraction of sp³-hybridized carbons (Fsp3) is 0.387. The number of nitrogens with one attached hydrogen (secondary N) is 3. The first-order chi connectivity index (χ1) is 20.5. The van der Waals surface area contributed by atoms with Gasteiger partial charge < -0.3 is 10.6 Å². The average molecular weight is 633 g/mol. The average Bonchev–Trinajstić information content (AvgIpc) is 2.95. The van der Waals surface area contributed by atoms with E-state index in [0.29, 0.717) is 19.0 Å². The molecule has 0 aromatic heterocycles. The Morgan fingerprint density at radius 2 is 1.77 bits per heavy atom. The van der Waals surface area contributed by atoms with Crippen molar-refractivity contribution in [1.82, 2.24) is 15.4 Å². The van der Waals surface area contributed by atoms with Gasteiger partial charge in [0.25, 0.3) is 5.69 Å². The molecule has 1 aliphatic carbocycles. The van der Waals surface area contributed by atoms with Gasteiger partial charge in [0.1, 0.15) is 0 Å². The maximum atomic E-state index is 13.4. The van der Waals surface area contributed by atoms with E-state index in [0.717, 1.165) is 53.8 Å². The number of non-ortho nitro benzene ring substituents is 1. The van der Waals surface area contributed by atoms with Crippen LogP contribution in [0.4, 0.5) is 18.9 Å². The predicted molar refractivity (Wildman–Crippen MR) is 159 cm³/mol. The number of amides is 1. The quantitative estimate of drug-likeness (QED) is 0.183. The minimum atomic E-state index is -4.77. The third-order valence-corrected chi connectivity index (χ3v) is 8.79. The number of hydrogen-bond donors (Lipinski definition) is 3. The highest BCUT2D eigenvalue weighted by molar-refractivity contribution is 7.89. The Hall–Kier alpha value is -3.81. The molecule has 236 valence electrons. The van der Waals surface area contributed by atoms with E-state index in [2.05, 4.69) is 42.2 Å². The molecule has 0 radical (unpaired) electrons. The fourth-order valence-electron chi connectivity index (χ4n) is 5.11. The van der Waals surface area contributed by atoms with Gasteiger partial charge in [0.15, 0.2) is 0 Å². The van der Waals surface area contributed by atoms with Crippen LogP contribution < -0.4 is 15.4 Å². The molecule has 3 aromatic carbocycles. The van der Waals surface area contributed by atoms with Crippen molar-refractivity contribution < 1.29 is 31.3 Å². The third-order valence-electron chi connectivity index (χ3n) is 7.32. The van der Waals surface area contributed by atoms with Crippen molar-refractivity contribution in [2.45, 2.75) is 81.7 Å². The number of alkyl halides is 3. The van der Waals surface area contributed by atoms with Crippen LogP contribution in [0.5, 0.6) is 0 Å². The summed E-state index contributed by atoms with van der Waals surface area (Å²) in [5, 5.41) is 17.8. The van der Waals surface area contributed by atoms with Gasteiger partial charge in [0, 0.05) is 30.6 Å². The van der Waals surface area contributed by atoms with Crippen molar-refractivity contribution in [3.05, 3.63) is 105 Å². The van der Waals surface area contributed by atoms with Gasteiger partial charge in [0.2, 0.25) is 15.9 Å². The highest BCUT2D eigenvalue weighted by Gasteiger charge is 2.33. The van der Waals surface area contributed by atoms with E-state index >= 15 is 0 Å². The summed E-state index contributed by atoms with van der Waals surface area (Å²) in [5.74, 6) is -0.524. The normalized spacial score (nSPS) is 16.2. The topological polar surface area (TPSA) is 130 Å². The molecule has 0 spiro atoms. The van der Waals surface area contributed by atoms with Crippen LogP contribution in [-0.2, 0) is 34.0 Å². The van der Waals surface area contributed by atoms with Crippen LogP contribution in [0.15, 0.2) is 71.6 Å². The van der Waals surface area contributed by atoms with Crippen LogP contribution in [0, 0.1) is 10.1 Å². The standard InChI is InChI=1S/C31H35F3N4O5S/c1-30(2,3)35-19-20-13-14-26-21(15-20)7-5-12-27(26)36-29(39)18-28(22-8-4-10-24(16-22)38(40)41)37-44(42,43)25-11-6-9-23(17-25)31(32,33)34/h4,6,8-11,13-17,27-28,35,37H,5,7,12,18-19H2,1-3H3,(H,36,39). The maximum Gasteiger partial charge on any atom is 0.416 e. The highest BCUT2D eigenvalue weighted by Crippen LogP contribution is 2.33. The molecule has 1 amide bonds. The van der Waals surface area contributed by atoms with Crippen LogP contribution in [0.3, 0.4) is 0 Å². The molecule has 3 aromatic rings. The SMILES string of the molecule is CC(C)(C)NCc1ccc2c(c1)CCCC2NC(=O)CC(NS(=O)(=O)c1cccc(C(F)(F)F)c1)c1cccc([N+](=O)[O-])c1. The Balaban J connectivity index is 1.57. The van der Waals surface area contributed by atoms with Gasteiger partial charge in [-0.1, -0.05) is 36.4 Å². The molecule has 0 saturated heterocycles. The zero-order valence-electron chi connectivity index (χ0n) is 24.6. The summed E-state index contributed by atoms with van der Waals surface area (Å²) in [6.07, 6.45) is -2.89. The van der Waals surface area contributed by atoms with Crippen LogP contribution in [0.25, 0.3) is 0 Å². The molecule has 0 fully saturated rings. The Kier molecular flexibility index (Phi) is 9.81. The van der Waals surface area contributed by atoms with E-state index in [1.807, 2.05) is 12.1 Å². The first-order valence-corrected chi connectivity index (χ1v) is 15.6. The molecule has 2 atom stereocenters. The minimum Gasteiger partial charge on any atom is -0.349 e. The second-order valence-electron chi connectivity index (χ2n) is 11.9. The smallest absolute Gasteiger partial charge is 0.349 e. The third kappa shape index (κ3) is 8.64. The molecular weight excluding hydrogens is 597 g/mol. The Morgan fingerprint density at radius 3 is 2.45 bits per heavy atom. The van der Waals surface area contributed by atoms with Gasteiger partial charge >= 0.3 is 6.18 Å². The lowest BCUT2D eigenvalue weighted by atomic mass is 9.86. The number of sulfonamides is 1. The first kappa shape index (κ1) is 33.1. The molecule has 0 heterocycles. The van der Waals surface area contributed by atoms with Gasteiger partial charge in [0.05, 0.1) is 27.5 Å². The Morgan fingerprint density at radius 1 is 1.05 bits per heavy atom.